The second kappa shape index (κ2) is 14.5. The van der Waals surface area contributed by atoms with Gasteiger partial charge in [0.25, 0.3) is 0 Å². The summed E-state index contributed by atoms with van der Waals surface area (Å²) in [7, 11) is -4.08. The average molecular weight is 717 g/mol. The molecule has 6 rings (SSSR count). The fraction of sp³-hybridized carbons (Fsp3) is 0.297. The van der Waals surface area contributed by atoms with Gasteiger partial charge in [-0.25, -0.2) is 36.9 Å². The lowest BCUT2D eigenvalue weighted by Gasteiger charge is -2.34. The third-order valence-corrected chi connectivity index (χ3v) is 9.36. The smallest absolute Gasteiger partial charge is 0.410 e. The Morgan fingerprint density at radius 3 is 2.61 bits per heavy atom. The van der Waals surface area contributed by atoms with Crippen LogP contribution in [-0.4, -0.2) is 59.1 Å². The highest BCUT2D eigenvalue weighted by molar-refractivity contribution is 7.91. The van der Waals surface area contributed by atoms with Crippen LogP contribution in [0.4, 0.5) is 25.2 Å². The second-order valence-corrected chi connectivity index (χ2v) is 15.1. The number of carbonyl (C=O) groups excluding carboxylic acids is 1. The van der Waals surface area contributed by atoms with Crippen molar-refractivity contribution >= 4 is 38.5 Å². The van der Waals surface area contributed by atoms with E-state index in [2.05, 4.69) is 20.0 Å². The van der Waals surface area contributed by atoms with Crippen molar-refractivity contribution in [2.75, 3.05) is 23.1 Å². The van der Waals surface area contributed by atoms with Crippen LogP contribution in [0.2, 0.25) is 0 Å². The van der Waals surface area contributed by atoms with E-state index in [1.54, 1.807) is 59.8 Å². The van der Waals surface area contributed by atoms with E-state index in [9.17, 15) is 22.0 Å². The highest BCUT2D eigenvalue weighted by atomic mass is 32.2. The van der Waals surface area contributed by atoms with Gasteiger partial charge in [0.2, 0.25) is 21.9 Å². The fourth-order valence-corrected chi connectivity index (χ4v) is 7.05. The number of sulfonamides is 1. The molecule has 0 unspecified atom stereocenters. The van der Waals surface area contributed by atoms with Crippen molar-refractivity contribution < 1.29 is 31.5 Å². The standard InChI is InChI=1S/C37H38F2N6O5S/c1-23-12-15-27-28(9-5-11-32(27)44-51(47,48)22-24-13-14-25(38)20-30(24)39)33(23)49-34-29(10-6-17-40-34)31-16-18-41-35(43-31)42-26-8-7-19-45(21-26)36(46)50-37(2,3)4/h5-6,9-18,20,26,44H,7-8,19,21-22H2,1-4H3,(H,41,42,43)/t26-/m0/s1. The van der Waals surface area contributed by atoms with Crippen molar-refractivity contribution in [1.29, 1.82) is 0 Å². The summed E-state index contributed by atoms with van der Waals surface area (Å²) in [6, 6.07) is 16.7. The first kappa shape index (κ1) is 35.5. The van der Waals surface area contributed by atoms with Gasteiger partial charge in [-0.1, -0.05) is 30.3 Å². The number of rotatable bonds is 9. The molecule has 1 atom stereocenters. The van der Waals surface area contributed by atoms with Crippen molar-refractivity contribution in [2.24, 2.45) is 0 Å². The minimum atomic E-state index is -4.08. The third kappa shape index (κ3) is 8.69. The first-order valence-corrected chi connectivity index (χ1v) is 18.1. The number of benzene rings is 3. The molecular formula is C37H38F2N6O5S. The number of ether oxygens (including phenoxy) is 2. The number of hydrogen-bond donors (Lipinski definition) is 2. The first-order valence-electron chi connectivity index (χ1n) is 16.4. The number of halogens is 2. The Kier molecular flexibility index (Phi) is 10.1. The molecule has 266 valence electrons. The molecule has 1 saturated heterocycles. The Morgan fingerprint density at radius 1 is 1.00 bits per heavy atom. The first-order chi connectivity index (χ1) is 24.2. The molecule has 1 amide bonds. The van der Waals surface area contributed by atoms with Crippen LogP contribution in [0.1, 0.15) is 44.7 Å². The molecule has 0 saturated carbocycles. The van der Waals surface area contributed by atoms with Crippen molar-refractivity contribution in [3.63, 3.8) is 0 Å². The lowest BCUT2D eigenvalue weighted by atomic mass is 10.0. The Labute approximate surface area is 295 Å². The molecule has 0 aliphatic carbocycles. The van der Waals surface area contributed by atoms with E-state index in [4.69, 9.17) is 14.5 Å². The van der Waals surface area contributed by atoms with Crippen molar-refractivity contribution in [3.05, 3.63) is 102 Å². The zero-order valence-corrected chi connectivity index (χ0v) is 29.4. The molecule has 0 radical (unpaired) electrons. The topological polar surface area (TPSA) is 136 Å². The van der Waals surface area contributed by atoms with Crippen LogP contribution in [-0.2, 0) is 20.5 Å². The van der Waals surface area contributed by atoms with Gasteiger partial charge in [-0.05, 0) is 76.4 Å². The van der Waals surface area contributed by atoms with Crippen LogP contribution in [0.3, 0.4) is 0 Å². The molecule has 5 aromatic rings. The Morgan fingerprint density at radius 2 is 1.82 bits per heavy atom. The molecule has 0 spiro atoms. The highest BCUT2D eigenvalue weighted by Crippen LogP contribution is 2.39. The third-order valence-electron chi connectivity index (χ3n) is 8.14. The molecule has 11 nitrogen and oxygen atoms in total. The number of carbonyl (C=O) groups is 1. The van der Waals surface area contributed by atoms with Gasteiger partial charge in [0, 0.05) is 53.9 Å². The SMILES string of the molecule is Cc1ccc2c(NS(=O)(=O)Cc3ccc(F)cc3F)cccc2c1Oc1ncccc1-c1ccnc(N[C@H]2CCCN(C(=O)OC(C)(C)C)C2)n1. The maximum absolute atomic E-state index is 14.3. The molecule has 1 fully saturated rings. The number of aryl methyl sites for hydroxylation is 1. The van der Waals surface area contributed by atoms with Crippen LogP contribution < -0.4 is 14.8 Å². The van der Waals surface area contributed by atoms with Gasteiger partial charge in [-0.3, -0.25) is 4.72 Å². The molecule has 1 aliphatic heterocycles. The Bertz CT molecular complexity index is 2190. The molecule has 3 heterocycles. The summed E-state index contributed by atoms with van der Waals surface area (Å²) in [5.74, 6) is -1.31. The summed E-state index contributed by atoms with van der Waals surface area (Å²) in [5.41, 5.74) is 1.43. The normalized spacial score (nSPS) is 15.0. The van der Waals surface area contributed by atoms with E-state index in [0.717, 1.165) is 30.5 Å². The van der Waals surface area contributed by atoms with Crippen molar-refractivity contribution in [1.82, 2.24) is 19.9 Å². The molecule has 14 heteroatoms. The van der Waals surface area contributed by atoms with Gasteiger partial charge in [0.05, 0.1) is 22.7 Å². The quantitative estimate of drug-likeness (QED) is 0.157. The Hall–Kier alpha value is -5.37. The number of nitrogens with zero attached hydrogens (tertiary/aromatic N) is 4. The predicted molar refractivity (Wildman–Crippen MR) is 191 cm³/mol. The zero-order chi connectivity index (χ0) is 36.3. The summed E-state index contributed by atoms with van der Waals surface area (Å²) in [4.78, 5) is 28.1. The van der Waals surface area contributed by atoms with Crippen LogP contribution in [0.25, 0.3) is 22.0 Å². The number of hydrogen-bond acceptors (Lipinski definition) is 9. The van der Waals surface area contributed by atoms with Crippen LogP contribution >= 0.6 is 0 Å². The number of nitrogens with one attached hydrogen (secondary N) is 2. The number of fused-ring (bicyclic) bond motifs is 1. The molecule has 3 aromatic carbocycles. The number of piperidine rings is 1. The molecule has 2 N–H and O–H groups in total. The summed E-state index contributed by atoms with van der Waals surface area (Å²) in [6.07, 6.45) is 4.51. The maximum atomic E-state index is 14.3. The number of anilines is 2. The second-order valence-electron chi connectivity index (χ2n) is 13.3. The van der Waals surface area contributed by atoms with Gasteiger partial charge in [-0.15, -0.1) is 0 Å². The maximum Gasteiger partial charge on any atom is 0.410 e. The van der Waals surface area contributed by atoms with E-state index >= 15 is 0 Å². The highest BCUT2D eigenvalue weighted by Gasteiger charge is 2.28. The van der Waals surface area contributed by atoms with E-state index in [0.29, 0.717) is 52.9 Å². The number of likely N-dealkylation sites (tertiary alicyclic amines) is 1. The van der Waals surface area contributed by atoms with Crippen LogP contribution in [0, 0.1) is 18.6 Å². The van der Waals surface area contributed by atoms with Crippen molar-refractivity contribution in [2.45, 2.75) is 57.9 Å². The zero-order valence-electron chi connectivity index (χ0n) is 28.6. The van der Waals surface area contributed by atoms with Gasteiger partial charge in [0.1, 0.15) is 23.0 Å². The fourth-order valence-electron chi connectivity index (χ4n) is 5.82. The van der Waals surface area contributed by atoms with E-state index in [-0.39, 0.29) is 29.3 Å². The van der Waals surface area contributed by atoms with Gasteiger partial charge in [-0.2, -0.15) is 0 Å². The van der Waals surface area contributed by atoms with Gasteiger partial charge < -0.3 is 19.7 Å². The van der Waals surface area contributed by atoms with Gasteiger partial charge >= 0.3 is 6.09 Å². The average Bonchev–Trinajstić information content (AvgIpc) is 3.07. The molecule has 0 bridgehead atoms. The molecule has 1 aliphatic rings. The number of amides is 1. The summed E-state index contributed by atoms with van der Waals surface area (Å²) in [5, 5.41) is 4.51. The summed E-state index contributed by atoms with van der Waals surface area (Å²) >= 11 is 0. The van der Waals surface area contributed by atoms with Crippen LogP contribution in [0.15, 0.2) is 79.1 Å². The lowest BCUT2D eigenvalue weighted by Crippen LogP contribution is -2.47. The van der Waals surface area contributed by atoms with Crippen LogP contribution in [0.5, 0.6) is 11.6 Å². The molecule has 51 heavy (non-hydrogen) atoms. The summed E-state index contributed by atoms with van der Waals surface area (Å²) < 4.78 is 68.4. The minimum absolute atomic E-state index is 0.0780. The number of pyridine rings is 1. The Balaban J connectivity index is 1.24. The molecular weight excluding hydrogens is 679 g/mol. The predicted octanol–water partition coefficient (Wildman–Crippen LogP) is 7.82. The monoisotopic (exact) mass is 716 g/mol. The van der Waals surface area contributed by atoms with E-state index < -0.39 is 33.0 Å². The number of aromatic nitrogens is 3. The van der Waals surface area contributed by atoms with Gasteiger partial charge in [0.15, 0.2) is 0 Å². The van der Waals surface area contributed by atoms with E-state index in [1.165, 1.54) is 0 Å². The van der Waals surface area contributed by atoms with E-state index in [1.807, 2.05) is 33.8 Å². The largest absolute Gasteiger partial charge is 0.444 e. The summed E-state index contributed by atoms with van der Waals surface area (Å²) in [6.45, 7) is 8.45. The van der Waals surface area contributed by atoms with Crippen molar-refractivity contribution in [3.8, 4) is 22.9 Å². The molecule has 2 aromatic heterocycles. The minimum Gasteiger partial charge on any atom is -0.444 e. The lowest BCUT2D eigenvalue weighted by molar-refractivity contribution is 0.0206.